The molecule has 1 aromatic heterocycles. The Morgan fingerprint density at radius 3 is 2.74 bits per heavy atom. The lowest BCUT2D eigenvalue weighted by Gasteiger charge is -2.16. The van der Waals surface area contributed by atoms with Crippen molar-refractivity contribution in [2.24, 2.45) is 0 Å². The van der Waals surface area contributed by atoms with E-state index in [0.29, 0.717) is 3.57 Å². The van der Waals surface area contributed by atoms with Gasteiger partial charge in [0.2, 0.25) is 5.91 Å². The van der Waals surface area contributed by atoms with Crippen LogP contribution in [-0.2, 0) is 11.3 Å². The monoisotopic (exact) mass is 375 g/mol. The Balaban J connectivity index is 1.93. The molecule has 1 N–H and O–H groups in total. The number of hydrogen-bond acceptors (Lipinski definition) is 3. The first-order valence-corrected chi connectivity index (χ1v) is 7.74. The number of rotatable bonds is 3. The van der Waals surface area contributed by atoms with Crippen LogP contribution in [0.5, 0.6) is 0 Å². The van der Waals surface area contributed by atoms with Gasteiger partial charge in [0.1, 0.15) is 6.54 Å². The number of hydrogen-bond donors (Lipinski definition) is 1. The van der Waals surface area contributed by atoms with Crippen molar-refractivity contribution in [2.45, 2.75) is 51.1 Å². The zero-order valence-corrected chi connectivity index (χ0v) is 12.9. The third-order valence-corrected chi connectivity index (χ3v) is 4.13. The molecule has 0 aromatic carbocycles. The van der Waals surface area contributed by atoms with Gasteiger partial charge in [0, 0.05) is 12.2 Å². The van der Waals surface area contributed by atoms with E-state index in [9.17, 15) is 9.59 Å². The van der Waals surface area contributed by atoms with Crippen molar-refractivity contribution in [1.29, 1.82) is 0 Å². The molecule has 5 nitrogen and oxygen atoms in total. The van der Waals surface area contributed by atoms with Crippen LogP contribution in [-0.4, -0.2) is 21.5 Å². The summed E-state index contributed by atoms with van der Waals surface area (Å²) in [4.78, 5) is 27.7. The molecule has 0 radical (unpaired) electrons. The molecule has 1 aromatic rings. The van der Waals surface area contributed by atoms with Crippen LogP contribution in [0.15, 0.2) is 17.3 Å². The van der Waals surface area contributed by atoms with Crippen LogP contribution in [0, 0.1) is 3.57 Å². The predicted molar refractivity (Wildman–Crippen MR) is 80.8 cm³/mol. The first-order valence-electron chi connectivity index (χ1n) is 6.66. The van der Waals surface area contributed by atoms with Crippen molar-refractivity contribution in [3.05, 3.63) is 26.4 Å². The lowest BCUT2D eigenvalue weighted by Crippen LogP contribution is -2.39. The number of halogens is 1. The van der Waals surface area contributed by atoms with E-state index in [4.69, 9.17) is 0 Å². The van der Waals surface area contributed by atoms with E-state index in [2.05, 4.69) is 10.3 Å². The van der Waals surface area contributed by atoms with Gasteiger partial charge in [-0.2, -0.15) is 0 Å². The molecule has 0 atom stereocenters. The topological polar surface area (TPSA) is 64.0 Å². The molecule has 1 aliphatic rings. The van der Waals surface area contributed by atoms with Crippen LogP contribution >= 0.6 is 22.6 Å². The summed E-state index contributed by atoms with van der Waals surface area (Å²) in [6.45, 7) is 0.0547. The quantitative estimate of drug-likeness (QED) is 0.646. The van der Waals surface area contributed by atoms with Crippen LogP contribution in [0.1, 0.15) is 38.5 Å². The fourth-order valence-electron chi connectivity index (χ4n) is 2.39. The van der Waals surface area contributed by atoms with E-state index in [0.717, 1.165) is 12.8 Å². The molecule has 6 heteroatoms. The number of amides is 1. The van der Waals surface area contributed by atoms with Gasteiger partial charge >= 0.3 is 0 Å². The van der Waals surface area contributed by atoms with Gasteiger partial charge in [-0.1, -0.05) is 25.7 Å². The minimum absolute atomic E-state index is 0.0547. The normalized spacial score (nSPS) is 16.9. The van der Waals surface area contributed by atoms with Gasteiger partial charge in [-0.3, -0.25) is 14.2 Å². The maximum Gasteiger partial charge on any atom is 0.267 e. The second kappa shape index (κ2) is 7.02. The molecule has 19 heavy (non-hydrogen) atoms. The van der Waals surface area contributed by atoms with Crippen LogP contribution in [0.2, 0.25) is 0 Å². The molecule has 0 unspecified atom stereocenters. The highest BCUT2D eigenvalue weighted by Crippen LogP contribution is 2.17. The Morgan fingerprint density at radius 1 is 1.37 bits per heavy atom. The average molecular weight is 375 g/mol. The van der Waals surface area contributed by atoms with Crippen molar-refractivity contribution in [1.82, 2.24) is 14.9 Å². The zero-order chi connectivity index (χ0) is 13.7. The molecule has 1 saturated carbocycles. The average Bonchev–Trinajstić information content (AvgIpc) is 2.63. The maximum absolute atomic E-state index is 12.0. The smallest absolute Gasteiger partial charge is 0.267 e. The van der Waals surface area contributed by atoms with E-state index >= 15 is 0 Å². The summed E-state index contributed by atoms with van der Waals surface area (Å²) in [5.41, 5.74) is -0.161. The predicted octanol–water partition coefficient (Wildman–Crippen LogP) is 1.69. The van der Waals surface area contributed by atoms with Crippen molar-refractivity contribution < 1.29 is 4.79 Å². The highest BCUT2D eigenvalue weighted by Gasteiger charge is 2.15. The Morgan fingerprint density at radius 2 is 2.05 bits per heavy atom. The molecule has 1 aliphatic carbocycles. The fourth-order valence-corrected chi connectivity index (χ4v) is 2.86. The number of nitrogens with one attached hydrogen (secondary N) is 1. The lowest BCUT2D eigenvalue weighted by molar-refractivity contribution is -0.122. The Labute approximate surface area is 125 Å². The summed E-state index contributed by atoms with van der Waals surface area (Å²) in [5, 5.41) is 3.03. The molecule has 2 rings (SSSR count). The lowest BCUT2D eigenvalue weighted by atomic mass is 10.1. The van der Waals surface area contributed by atoms with E-state index in [1.165, 1.54) is 42.8 Å². The highest BCUT2D eigenvalue weighted by molar-refractivity contribution is 14.1. The van der Waals surface area contributed by atoms with E-state index in [1.807, 2.05) is 22.6 Å². The molecule has 104 valence electrons. The maximum atomic E-state index is 12.0. The summed E-state index contributed by atoms with van der Waals surface area (Å²) >= 11 is 1.93. The Kier molecular flexibility index (Phi) is 5.35. The first kappa shape index (κ1) is 14.5. The summed E-state index contributed by atoms with van der Waals surface area (Å²) in [7, 11) is 0. The molecule has 0 saturated heterocycles. The van der Waals surface area contributed by atoms with Crippen LogP contribution in [0.25, 0.3) is 0 Å². The molecule has 0 aliphatic heterocycles. The fraction of sp³-hybridized carbons (Fsp3) is 0.615. The minimum Gasteiger partial charge on any atom is -0.352 e. The summed E-state index contributed by atoms with van der Waals surface area (Å²) in [6, 6.07) is 0.265. The second-order valence-corrected chi connectivity index (χ2v) is 6.09. The van der Waals surface area contributed by atoms with Crippen LogP contribution < -0.4 is 10.9 Å². The van der Waals surface area contributed by atoms with Crippen molar-refractivity contribution in [2.75, 3.05) is 0 Å². The molecule has 1 fully saturated rings. The largest absolute Gasteiger partial charge is 0.352 e. The number of carbonyl (C=O) groups excluding carboxylic acids is 1. The Bertz CT molecular complexity index is 493. The number of nitrogens with zero attached hydrogens (tertiary/aromatic N) is 2. The molecule has 0 bridgehead atoms. The molecular formula is C13H18IN3O2. The van der Waals surface area contributed by atoms with Crippen molar-refractivity contribution >= 4 is 28.5 Å². The van der Waals surface area contributed by atoms with Crippen LogP contribution in [0.3, 0.4) is 0 Å². The standard InChI is InChI=1S/C13H18IN3O2/c14-11-7-15-9-17(13(11)19)8-12(18)16-10-5-3-1-2-4-6-10/h7,9-10H,1-6,8H2,(H,16,18). The van der Waals surface area contributed by atoms with E-state index in [-0.39, 0.29) is 24.1 Å². The first-order chi connectivity index (χ1) is 9.16. The minimum atomic E-state index is -0.161. The van der Waals surface area contributed by atoms with E-state index in [1.54, 1.807) is 0 Å². The highest BCUT2D eigenvalue weighted by atomic mass is 127. The van der Waals surface area contributed by atoms with E-state index < -0.39 is 0 Å². The molecule has 1 amide bonds. The molecular weight excluding hydrogens is 357 g/mol. The summed E-state index contributed by atoms with van der Waals surface area (Å²) in [5.74, 6) is -0.0993. The van der Waals surface area contributed by atoms with Gasteiger partial charge < -0.3 is 5.32 Å². The van der Waals surface area contributed by atoms with Crippen molar-refractivity contribution in [3.8, 4) is 0 Å². The van der Waals surface area contributed by atoms with Gasteiger partial charge in [0.15, 0.2) is 0 Å². The third kappa shape index (κ3) is 4.29. The Hall–Kier alpha value is -0.920. The number of carbonyl (C=O) groups is 1. The van der Waals surface area contributed by atoms with Crippen molar-refractivity contribution in [3.63, 3.8) is 0 Å². The van der Waals surface area contributed by atoms with Crippen LogP contribution in [0.4, 0.5) is 0 Å². The number of aromatic nitrogens is 2. The van der Waals surface area contributed by atoms with Gasteiger partial charge in [-0.05, 0) is 35.4 Å². The second-order valence-electron chi connectivity index (χ2n) is 4.93. The third-order valence-electron chi connectivity index (χ3n) is 3.39. The zero-order valence-electron chi connectivity index (χ0n) is 10.8. The van der Waals surface area contributed by atoms with Gasteiger partial charge in [-0.15, -0.1) is 0 Å². The van der Waals surface area contributed by atoms with Gasteiger partial charge in [-0.25, -0.2) is 4.98 Å². The summed E-state index contributed by atoms with van der Waals surface area (Å²) < 4.78 is 1.88. The SMILES string of the molecule is O=C(Cn1cncc(I)c1=O)NC1CCCCCC1. The van der Waals surface area contributed by atoms with Gasteiger partial charge in [0.05, 0.1) is 9.90 Å². The molecule has 0 spiro atoms. The summed E-state index contributed by atoms with van der Waals surface area (Å²) in [6.07, 6.45) is 9.88. The van der Waals surface area contributed by atoms with Gasteiger partial charge in [0.25, 0.3) is 5.56 Å². The molecule has 1 heterocycles.